The normalized spacial score (nSPS) is 23.3. The minimum absolute atomic E-state index is 0.0850. The summed E-state index contributed by atoms with van der Waals surface area (Å²) in [6.45, 7) is 5.43. The van der Waals surface area contributed by atoms with Crippen molar-refractivity contribution in [1.29, 1.82) is 0 Å². The second-order valence-electron chi connectivity index (χ2n) is 16.2. The molecule has 9 rings (SSSR count). The van der Waals surface area contributed by atoms with Crippen molar-refractivity contribution in [1.82, 2.24) is 30.2 Å². The lowest BCUT2D eigenvalue weighted by Gasteiger charge is -2.32. The number of rotatable bonds is 14. The van der Waals surface area contributed by atoms with Gasteiger partial charge in [-0.15, -0.1) is 0 Å². The summed E-state index contributed by atoms with van der Waals surface area (Å²) in [5.41, 5.74) is 0.0850. The van der Waals surface area contributed by atoms with E-state index in [0.717, 1.165) is 119 Å². The van der Waals surface area contributed by atoms with E-state index in [2.05, 4.69) is 40.0 Å². The fraction of sp³-hybridized carbons (Fsp3) is 0.535. The number of amides is 1. The highest BCUT2D eigenvalue weighted by Gasteiger charge is 2.44. The van der Waals surface area contributed by atoms with Crippen LogP contribution in [-0.2, 0) is 0 Å². The van der Waals surface area contributed by atoms with Gasteiger partial charge in [0.15, 0.2) is 0 Å². The Morgan fingerprint density at radius 2 is 1.19 bits per heavy atom. The van der Waals surface area contributed by atoms with Gasteiger partial charge in [-0.25, -0.2) is 24.3 Å². The minimum atomic E-state index is -0.527. The van der Waals surface area contributed by atoms with E-state index in [4.69, 9.17) is 32.7 Å². The standard InChI is InChI=1S/C24H28ClFN4O2.C19H23ClN4O/c25-17-13-27-24(28-14-17)30-8-5-15(6-9-30)21-11-16(21)7-10-32-19-3-4-20(22(26)12-19)23(31)29-18-1-2-18;20-16-12-22-19(23-13-16)24-8-3-14(4-9-24)18-11-15(18)5-10-25-17-1-6-21-7-2-17/h3-4,12-16,18,21H,1-2,5-11H2,(H,29,31);1-2,6-7,12-15,18H,3-5,8-11H2/t16-,21+;15-,18+/m01/s1. The van der Waals surface area contributed by atoms with Crippen molar-refractivity contribution in [2.24, 2.45) is 35.5 Å². The van der Waals surface area contributed by atoms with Gasteiger partial charge in [0, 0.05) is 50.7 Å². The first kappa shape index (κ1) is 39.5. The molecule has 0 radical (unpaired) electrons. The van der Waals surface area contributed by atoms with Crippen LogP contribution < -0.4 is 24.6 Å². The van der Waals surface area contributed by atoms with Crippen molar-refractivity contribution in [3.8, 4) is 11.5 Å². The maximum Gasteiger partial charge on any atom is 0.254 e. The van der Waals surface area contributed by atoms with Gasteiger partial charge in [-0.1, -0.05) is 23.2 Å². The molecular formula is C43H51Cl2FN8O3. The Labute approximate surface area is 344 Å². The van der Waals surface area contributed by atoms with Crippen molar-refractivity contribution in [2.75, 3.05) is 49.2 Å². The fourth-order valence-corrected chi connectivity index (χ4v) is 8.90. The third-order valence-corrected chi connectivity index (χ3v) is 12.7. The Hall–Kier alpha value is -4.29. The van der Waals surface area contributed by atoms with Crippen molar-refractivity contribution in [3.63, 3.8) is 0 Å². The van der Waals surface area contributed by atoms with Crippen LogP contribution in [0.15, 0.2) is 67.5 Å². The molecule has 11 nitrogen and oxygen atoms in total. The first-order chi connectivity index (χ1) is 27.9. The molecule has 3 saturated carbocycles. The van der Waals surface area contributed by atoms with Gasteiger partial charge in [0.05, 0.1) is 53.6 Å². The van der Waals surface area contributed by atoms with Crippen LogP contribution in [-0.4, -0.2) is 76.3 Å². The highest BCUT2D eigenvalue weighted by molar-refractivity contribution is 6.30. The first-order valence-electron chi connectivity index (χ1n) is 20.6. The van der Waals surface area contributed by atoms with Gasteiger partial charge in [0.25, 0.3) is 5.91 Å². The Morgan fingerprint density at radius 1 is 0.702 bits per heavy atom. The Bertz CT molecular complexity index is 1910. The highest BCUT2D eigenvalue weighted by atomic mass is 35.5. The number of ether oxygens (including phenoxy) is 2. The number of carbonyl (C=O) groups excluding carboxylic acids is 1. The van der Waals surface area contributed by atoms with Gasteiger partial charge in [-0.05, 0) is 124 Å². The number of nitrogens with zero attached hydrogens (tertiary/aromatic N) is 7. The molecule has 4 atom stereocenters. The number of anilines is 2. The maximum atomic E-state index is 14.3. The van der Waals surface area contributed by atoms with Gasteiger partial charge in [-0.3, -0.25) is 9.78 Å². The predicted octanol–water partition coefficient (Wildman–Crippen LogP) is 8.33. The van der Waals surface area contributed by atoms with E-state index in [0.29, 0.717) is 28.3 Å². The molecule has 1 N–H and O–H groups in total. The van der Waals surface area contributed by atoms with E-state index in [1.807, 2.05) is 12.1 Å². The number of pyridine rings is 1. The number of benzene rings is 1. The van der Waals surface area contributed by atoms with Crippen molar-refractivity contribution in [2.45, 2.75) is 70.3 Å². The van der Waals surface area contributed by atoms with Crippen LogP contribution in [0, 0.1) is 41.3 Å². The monoisotopic (exact) mass is 816 g/mol. The average Bonchev–Trinajstić information content (AvgIpc) is 4.13. The molecule has 3 aromatic heterocycles. The predicted molar refractivity (Wildman–Crippen MR) is 219 cm³/mol. The van der Waals surface area contributed by atoms with Crippen molar-refractivity contribution < 1.29 is 18.7 Å². The van der Waals surface area contributed by atoms with Crippen molar-refractivity contribution >= 4 is 41.0 Å². The Morgan fingerprint density at radius 3 is 1.67 bits per heavy atom. The molecular weight excluding hydrogens is 766 g/mol. The van der Waals surface area contributed by atoms with Crippen LogP contribution in [0.3, 0.4) is 0 Å². The molecule has 2 aliphatic heterocycles. The highest BCUT2D eigenvalue weighted by Crippen LogP contribution is 2.51. The molecule has 5 aliphatic rings. The second kappa shape index (κ2) is 18.5. The molecule has 0 spiro atoms. The molecule has 3 aliphatic carbocycles. The molecule has 302 valence electrons. The van der Waals surface area contributed by atoms with Crippen LogP contribution >= 0.6 is 23.2 Å². The summed E-state index contributed by atoms with van der Waals surface area (Å²) in [5.74, 6) is 6.86. The van der Waals surface area contributed by atoms with E-state index < -0.39 is 5.82 Å². The molecule has 5 fully saturated rings. The van der Waals surface area contributed by atoms with Crippen LogP contribution in [0.4, 0.5) is 16.3 Å². The quantitative estimate of drug-likeness (QED) is 0.133. The number of halogens is 3. The Balaban J connectivity index is 0.000000165. The zero-order valence-electron chi connectivity index (χ0n) is 32.2. The maximum absolute atomic E-state index is 14.3. The molecule has 1 amide bonds. The van der Waals surface area contributed by atoms with Gasteiger partial charge < -0.3 is 24.6 Å². The summed E-state index contributed by atoms with van der Waals surface area (Å²) in [4.78, 5) is 37.9. The third kappa shape index (κ3) is 11.0. The molecule has 57 heavy (non-hydrogen) atoms. The minimum Gasteiger partial charge on any atom is -0.493 e. The topological polar surface area (TPSA) is 118 Å². The van der Waals surface area contributed by atoms with Crippen LogP contribution in [0.1, 0.15) is 74.6 Å². The molecule has 14 heteroatoms. The summed E-state index contributed by atoms with van der Waals surface area (Å²) in [6, 6.07) is 8.56. The second-order valence-corrected chi connectivity index (χ2v) is 17.1. The number of nitrogens with one attached hydrogen (secondary N) is 1. The first-order valence-corrected chi connectivity index (χ1v) is 21.3. The summed E-state index contributed by atoms with van der Waals surface area (Å²) < 4.78 is 25.9. The number of carbonyl (C=O) groups is 1. The van der Waals surface area contributed by atoms with Gasteiger partial charge in [-0.2, -0.15) is 0 Å². The fourth-order valence-electron chi connectivity index (χ4n) is 8.70. The molecule has 4 aromatic rings. The summed E-state index contributed by atoms with van der Waals surface area (Å²) in [5, 5.41) is 3.96. The Kier molecular flexibility index (Phi) is 12.9. The average molecular weight is 818 g/mol. The molecule has 2 saturated heterocycles. The van der Waals surface area contributed by atoms with E-state index >= 15 is 0 Å². The van der Waals surface area contributed by atoms with E-state index in [1.54, 1.807) is 43.2 Å². The zero-order valence-corrected chi connectivity index (χ0v) is 33.7. The molecule has 1 aromatic carbocycles. The molecule has 0 bridgehead atoms. The van der Waals surface area contributed by atoms with Crippen molar-refractivity contribution in [3.05, 3.63) is 88.9 Å². The van der Waals surface area contributed by atoms with Gasteiger partial charge in [0.1, 0.15) is 17.3 Å². The molecule has 0 unspecified atom stereocenters. The lowest BCUT2D eigenvalue weighted by atomic mass is 9.90. The lowest BCUT2D eigenvalue weighted by Crippen LogP contribution is -2.35. The van der Waals surface area contributed by atoms with Crippen LogP contribution in [0.2, 0.25) is 10.0 Å². The van der Waals surface area contributed by atoms with Gasteiger partial charge >= 0.3 is 0 Å². The van der Waals surface area contributed by atoms with E-state index in [-0.39, 0.29) is 17.5 Å². The largest absolute Gasteiger partial charge is 0.493 e. The number of hydrogen-bond acceptors (Lipinski definition) is 10. The van der Waals surface area contributed by atoms with Crippen LogP contribution in [0.5, 0.6) is 11.5 Å². The van der Waals surface area contributed by atoms with E-state index in [9.17, 15) is 9.18 Å². The van der Waals surface area contributed by atoms with E-state index in [1.165, 1.54) is 37.8 Å². The summed E-state index contributed by atoms with van der Waals surface area (Å²) in [6.07, 6.45) is 21.7. The lowest BCUT2D eigenvalue weighted by molar-refractivity contribution is 0.0947. The summed E-state index contributed by atoms with van der Waals surface area (Å²) in [7, 11) is 0. The smallest absolute Gasteiger partial charge is 0.254 e. The molecule has 5 heterocycles. The third-order valence-electron chi connectivity index (χ3n) is 12.3. The number of piperidine rings is 2. The van der Waals surface area contributed by atoms with Gasteiger partial charge in [0.2, 0.25) is 11.9 Å². The zero-order chi connectivity index (χ0) is 39.1. The number of aromatic nitrogens is 5. The number of hydrogen-bond donors (Lipinski definition) is 1. The van der Waals surface area contributed by atoms with Crippen LogP contribution in [0.25, 0.3) is 0 Å². The SMILES string of the molecule is Clc1cnc(N2CCC([C@@H]3C[C@H]3CCOc3ccncc3)CC2)nc1.O=C(NC1CC1)c1ccc(OCC[C@H]2C[C@@H]2C2CCN(c3ncc(Cl)cn3)CC2)cc1F. The summed E-state index contributed by atoms with van der Waals surface area (Å²) >= 11 is 11.7.